The van der Waals surface area contributed by atoms with Crippen molar-refractivity contribution in [1.29, 1.82) is 0 Å². The molecule has 0 radical (unpaired) electrons. The second-order valence-electron chi connectivity index (χ2n) is 4.39. The van der Waals surface area contributed by atoms with Gasteiger partial charge in [0, 0.05) is 31.4 Å². The van der Waals surface area contributed by atoms with Crippen molar-refractivity contribution in [3.05, 3.63) is 18.2 Å². The Hall–Kier alpha value is -2.58. The summed E-state index contributed by atoms with van der Waals surface area (Å²) in [5, 5.41) is 14.1. The third-order valence-corrected chi connectivity index (χ3v) is 2.90. The van der Waals surface area contributed by atoms with Gasteiger partial charge in [0.05, 0.1) is 6.33 Å². The number of imidazole rings is 1. The summed E-state index contributed by atoms with van der Waals surface area (Å²) in [4.78, 5) is 42.1. The van der Waals surface area contributed by atoms with Gasteiger partial charge in [-0.3, -0.25) is 4.79 Å². The Morgan fingerprint density at radius 3 is 2.95 bits per heavy atom. The zero-order valence-corrected chi connectivity index (χ0v) is 10.6. The molecular formula is C11H15N5O4. The molecule has 9 nitrogen and oxygen atoms in total. The highest BCUT2D eigenvalue weighted by Crippen LogP contribution is 2.01. The Balaban J connectivity index is 1.95. The number of carboxylic acids is 1. The summed E-state index contributed by atoms with van der Waals surface area (Å²) in [7, 11) is 0. The number of urea groups is 1. The van der Waals surface area contributed by atoms with E-state index in [1.807, 2.05) is 0 Å². The van der Waals surface area contributed by atoms with E-state index in [0.29, 0.717) is 18.8 Å². The number of H-pyrrole nitrogens is 1. The van der Waals surface area contributed by atoms with Gasteiger partial charge in [-0.1, -0.05) is 0 Å². The number of carbonyl (C=O) groups excluding carboxylic acids is 2. The molecule has 1 atom stereocenters. The lowest BCUT2D eigenvalue weighted by Gasteiger charge is -2.28. The number of hydrogen-bond donors (Lipinski definition) is 4. The molecule has 1 saturated heterocycles. The molecule has 1 aliphatic heterocycles. The number of aromatic amines is 1. The molecule has 0 saturated carbocycles. The Labute approximate surface area is 114 Å². The van der Waals surface area contributed by atoms with Crippen molar-refractivity contribution in [1.82, 2.24) is 25.5 Å². The molecule has 108 valence electrons. The number of hydrogen-bond acceptors (Lipinski definition) is 4. The lowest BCUT2D eigenvalue weighted by molar-refractivity contribution is -0.139. The van der Waals surface area contributed by atoms with E-state index in [4.69, 9.17) is 5.11 Å². The maximum Gasteiger partial charge on any atom is 0.326 e. The first-order valence-corrected chi connectivity index (χ1v) is 6.08. The van der Waals surface area contributed by atoms with Gasteiger partial charge < -0.3 is 25.6 Å². The van der Waals surface area contributed by atoms with Crippen LogP contribution in [0.2, 0.25) is 0 Å². The van der Waals surface area contributed by atoms with E-state index >= 15 is 0 Å². The molecule has 1 aromatic heterocycles. The molecule has 0 bridgehead atoms. The summed E-state index contributed by atoms with van der Waals surface area (Å²) in [5.74, 6) is -1.40. The van der Waals surface area contributed by atoms with E-state index in [1.165, 1.54) is 17.4 Å². The second kappa shape index (κ2) is 6.04. The van der Waals surface area contributed by atoms with Crippen LogP contribution in [-0.4, -0.2) is 63.6 Å². The number of piperazine rings is 1. The number of carbonyl (C=O) groups is 3. The van der Waals surface area contributed by atoms with Gasteiger partial charge in [0.2, 0.25) is 5.91 Å². The fraction of sp³-hybridized carbons (Fsp3) is 0.455. The number of amides is 3. The molecule has 1 aromatic rings. The highest BCUT2D eigenvalue weighted by molar-refractivity contribution is 5.87. The quantitative estimate of drug-likeness (QED) is 0.536. The second-order valence-corrected chi connectivity index (χ2v) is 4.39. The molecule has 0 unspecified atom stereocenters. The minimum absolute atomic E-state index is 0.0672. The first-order chi connectivity index (χ1) is 9.56. The molecule has 1 aliphatic rings. The zero-order chi connectivity index (χ0) is 14.5. The lowest BCUT2D eigenvalue weighted by atomic mass is 10.1. The van der Waals surface area contributed by atoms with Crippen LogP contribution in [0.4, 0.5) is 4.79 Å². The van der Waals surface area contributed by atoms with Gasteiger partial charge in [-0.15, -0.1) is 0 Å². The zero-order valence-electron chi connectivity index (χ0n) is 10.6. The van der Waals surface area contributed by atoms with Crippen LogP contribution in [0, 0.1) is 0 Å². The molecule has 20 heavy (non-hydrogen) atoms. The van der Waals surface area contributed by atoms with E-state index in [2.05, 4.69) is 20.6 Å². The molecular weight excluding hydrogens is 266 g/mol. The number of rotatable bonds is 4. The SMILES string of the molecule is O=C1CN(C(=O)N[C@H](Cc2cnc[nH]2)C(=O)O)CCN1. The highest BCUT2D eigenvalue weighted by Gasteiger charge is 2.26. The van der Waals surface area contributed by atoms with Crippen molar-refractivity contribution in [2.75, 3.05) is 19.6 Å². The fourth-order valence-corrected chi connectivity index (χ4v) is 1.87. The van der Waals surface area contributed by atoms with Crippen molar-refractivity contribution in [3.8, 4) is 0 Å². The van der Waals surface area contributed by atoms with Gasteiger partial charge in [0.1, 0.15) is 12.6 Å². The number of aliphatic carboxylic acids is 1. The largest absolute Gasteiger partial charge is 0.480 e. The maximum absolute atomic E-state index is 11.9. The molecule has 9 heteroatoms. The van der Waals surface area contributed by atoms with Crippen LogP contribution in [-0.2, 0) is 16.0 Å². The summed E-state index contributed by atoms with van der Waals surface area (Å²) in [5.41, 5.74) is 0.606. The van der Waals surface area contributed by atoms with Gasteiger partial charge in [-0.2, -0.15) is 0 Å². The maximum atomic E-state index is 11.9. The Morgan fingerprint density at radius 2 is 2.35 bits per heavy atom. The Bertz CT molecular complexity index is 501. The summed E-state index contributed by atoms with van der Waals surface area (Å²) >= 11 is 0. The number of aromatic nitrogens is 2. The van der Waals surface area contributed by atoms with E-state index in [1.54, 1.807) is 0 Å². The van der Waals surface area contributed by atoms with Crippen molar-refractivity contribution in [2.45, 2.75) is 12.5 Å². The summed E-state index contributed by atoms with van der Waals surface area (Å²) < 4.78 is 0. The highest BCUT2D eigenvalue weighted by atomic mass is 16.4. The lowest BCUT2D eigenvalue weighted by Crippen LogP contribution is -2.56. The van der Waals surface area contributed by atoms with Crippen LogP contribution in [0.5, 0.6) is 0 Å². The average Bonchev–Trinajstić information content (AvgIpc) is 2.90. The minimum atomic E-state index is -1.14. The number of carboxylic acid groups (broad SMARTS) is 1. The molecule has 0 spiro atoms. The van der Waals surface area contributed by atoms with Crippen LogP contribution in [0.1, 0.15) is 5.69 Å². The predicted molar refractivity (Wildman–Crippen MR) is 66.8 cm³/mol. The van der Waals surface area contributed by atoms with E-state index in [-0.39, 0.29) is 18.9 Å². The summed E-state index contributed by atoms with van der Waals surface area (Å²) in [6.07, 6.45) is 3.03. The molecule has 1 fully saturated rings. The summed E-state index contributed by atoms with van der Waals surface area (Å²) in [6, 6.07) is -1.64. The average molecular weight is 281 g/mol. The van der Waals surface area contributed by atoms with Gasteiger partial charge in [0.25, 0.3) is 0 Å². The number of nitrogens with one attached hydrogen (secondary N) is 3. The van der Waals surface area contributed by atoms with Gasteiger partial charge >= 0.3 is 12.0 Å². The summed E-state index contributed by atoms with van der Waals surface area (Å²) in [6.45, 7) is 0.654. The van der Waals surface area contributed by atoms with Gasteiger partial charge in [-0.25, -0.2) is 14.6 Å². The van der Waals surface area contributed by atoms with E-state index in [9.17, 15) is 14.4 Å². The number of nitrogens with zero attached hydrogens (tertiary/aromatic N) is 2. The molecule has 2 rings (SSSR count). The van der Waals surface area contributed by atoms with Crippen LogP contribution in [0.3, 0.4) is 0 Å². The topological polar surface area (TPSA) is 127 Å². The van der Waals surface area contributed by atoms with Crippen molar-refractivity contribution in [3.63, 3.8) is 0 Å². The Kier molecular flexibility index (Phi) is 4.18. The normalized spacial score (nSPS) is 16.4. The molecule has 2 heterocycles. The minimum Gasteiger partial charge on any atom is -0.480 e. The van der Waals surface area contributed by atoms with Crippen LogP contribution in [0.25, 0.3) is 0 Å². The van der Waals surface area contributed by atoms with Crippen molar-refractivity contribution < 1.29 is 19.5 Å². The first-order valence-electron chi connectivity index (χ1n) is 6.08. The fourth-order valence-electron chi connectivity index (χ4n) is 1.87. The van der Waals surface area contributed by atoms with Crippen LogP contribution in [0.15, 0.2) is 12.5 Å². The van der Waals surface area contributed by atoms with Gasteiger partial charge in [-0.05, 0) is 0 Å². The molecule has 4 N–H and O–H groups in total. The standard InChI is InChI=1S/C11H15N5O4/c17-9-5-16(2-1-13-9)11(20)15-8(10(18)19)3-7-4-12-6-14-7/h4,6,8H,1-3,5H2,(H,12,14)(H,13,17)(H,15,20)(H,18,19)/t8-/m1/s1. The third-order valence-electron chi connectivity index (χ3n) is 2.90. The predicted octanol–water partition coefficient (Wildman–Crippen LogP) is -1.45. The molecule has 3 amide bonds. The molecule has 0 aliphatic carbocycles. The van der Waals surface area contributed by atoms with Crippen LogP contribution >= 0.6 is 0 Å². The van der Waals surface area contributed by atoms with E-state index < -0.39 is 18.0 Å². The smallest absolute Gasteiger partial charge is 0.326 e. The van der Waals surface area contributed by atoms with E-state index in [0.717, 1.165) is 0 Å². The first kappa shape index (κ1) is 13.8. The van der Waals surface area contributed by atoms with Crippen molar-refractivity contribution >= 4 is 17.9 Å². The molecule has 0 aromatic carbocycles. The van der Waals surface area contributed by atoms with Crippen molar-refractivity contribution in [2.24, 2.45) is 0 Å². The monoisotopic (exact) mass is 281 g/mol. The van der Waals surface area contributed by atoms with Gasteiger partial charge in [0.15, 0.2) is 0 Å². The third kappa shape index (κ3) is 3.46. The van der Waals surface area contributed by atoms with Crippen LogP contribution < -0.4 is 10.6 Å². The Morgan fingerprint density at radius 1 is 1.55 bits per heavy atom.